The Morgan fingerprint density at radius 2 is 2.00 bits per heavy atom. The molecule has 5 nitrogen and oxygen atoms in total. The van der Waals surface area contributed by atoms with Gasteiger partial charge < -0.3 is 11.1 Å². The van der Waals surface area contributed by atoms with Gasteiger partial charge in [0.15, 0.2) is 0 Å². The molecule has 3 N–H and O–H groups in total. The number of nitrogens with two attached hydrogens (primary N) is 1. The summed E-state index contributed by atoms with van der Waals surface area (Å²) in [6, 6.07) is 8.40. The van der Waals surface area contributed by atoms with E-state index >= 15 is 0 Å². The number of anilines is 3. The minimum absolute atomic E-state index is 0.0468. The highest BCUT2D eigenvalue weighted by atomic mass is 35.5. The van der Waals surface area contributed by atoms with Crippen molar-refractivity contribution in [3.8, 4) is 6.07 Å². The largest absolute Gasteiger partial charge is 0.368 e. The summed E-state index contributed by atoms with van der Waals surface area (Å²) in [5, 5.41) is 12.6. The molecule has 0 aliphatic heterocycles. The van der Waals surface area contributed by atoms with Crippen LogP contribution in [0, 0.1) is 11.3 Å². The number of nitrogen functional groups attached to an aromatic ring is 1. The van der Waals surface area contributed by atoms with E-state index in [2.05, 4.69) is 15.3 Å². The third-order valence-corrected chi connectivity index (χ3v) is 2.51. The molecule has 0 fully saturated rings. The number of hydrogen-bond donors (Lipinski definition) is 2. The van der Waals surface area contributed by atoms with Crippen LogP contribution >= 0.6 is 23.2 Å². The first-order valence-corrected chi connectivity index (χ1v) is 5.61. The Morgan fingerprint density at radius 1 is 1.22 bits per heavy atom. The molecule has 18 heavy (non-hydrogen) atoms. The fraction of sp³-hybridized carbons (Fsp3) is 0. The molecular formula is C11H7Cl2N5. The zero-order valence-electron chi connectivity index (χ0n) is 8.98. The molecule has 0 saturated heterocycles. The van der Waals surface area contributed by atoms with Crippen LogP contribution in [0.25, 0.3) is 0 Å². The maximum atomic E-state index is 8.98. The molecule has 0 radical (unpaired) electrons. The summed E-state index contributed by atoms with van der Waals surface area (Å²) in [6.45, 7) is 0. The maximum Gasteiger partial charge on any atom is 0.223 e. The van der Waals surface area contributed by atoms with Crippen molar-refractivity contribution in [1.82, 2.24) is 9.97 Å². The molecule has 0 saturated carbocycles. The van der Waals surface area contributed by atoms with Crippen molar-refractivity contribution >= 4 is 40.7 Å². The third-order valence-electron chi connectivity index (χ3n) is 2.08. The number of hydrogen-bond acceptors (Lipinski definition) is 5. The van der Waals surface area contributed by atoms with Gasteiger partial charge in [0.25, 0.3) is 0 Å². The minimum Gasteiger partial charge on any atom is -0.368 e. The first-order chi connectivity index (χ1) is 8.58. The summed E-state index contributed by atoms with van der Waals surface area (Å²) >= 11 is 11.6. The van der Waals surface area contributed by atoms with Gasteiger partial charge in [-0.2, -0.15) is 10.2 Å². The van der Waals surface area contributed by atoms with Gasteiger partial charge in [-0.25, -0.2) is 4.98 Å². The van der Waals surface area contributed by atoms with Crippen molar-refractivity contribution in [3.63, 3.8) is 0 Å². The number of benzene rings is 1. The number of aromatic nitrogens is 2. The predicted molar refractivity (Wildman–Crippen MR) is 70.9 cm³/mol. The van der Waals surface area contributed by atoms with Crippen LogP contribution in [0.3, 0.4) is 0 Å². The molecule has 0 atom stereocenters. The van der Waals surface area contributed by atoms with Crippen LogP contribution < -0.4 is 11.1 Å². The lowest BCUT2D eigenvalue weighted by Gasteiger charge is -2.08. The summed E-state index contributed by atoms with van der Waals surface area (Å²) in [4.78, 5) is 7.69. The van der Waals surface area contributed by atoms with Gasteiger partial charge in [-0.1, -0.05) is 23.2 Å². The first kappa shape index (κ1) is 12.4. The molecule has 0 unspecified atom stereocenters. The topological polar surface area (TPSA) is 87.6 Å². The van der Waals surface area contributed by atoms with Gasteiger partial charge in [-0.15, -0.1) is 0 Å². The lowest BCUT2D eigenvalue weighted by atomic mass is 10.2. The summed E-state index contributed by atoms with van der Waals surface area (Å²) < 4.78 is 0. The first-order valence-electron chi connectivity index (χ1n) is 4.85. The fourth-order valence-electron chi connectivity index (χ4n) is 1.35. The van der Waals surface area contributed by atoms with Gasteiger partial charge in [0.05, 0.1) is 11.3 Å². The molecule has 0 spiro atoms. The van der Waals surface area contributed by atoms with Gasteiger partial charge in [-0.05, 0) is 18.2 Å². The van der Waals surface area contributed by atoms with Crippen molar-refractivity contribution in [3.05, 3.63) is 40.0 Å². The van der Waals surface area contributed by atoms with Crippen molar-refractivity contribution in [2.75, 3.05) is 11.1 Å². The van der Waals surface area contributed by atoms with E-state index in [-0.39, 0.29) is 11.1 Å². The molecule has 1 heterocycles. The number of nitriles is 1. The molecule has 2 rings (SSSR count). The zero-order chi connectivity index (χ0) is 13.1. The fourth-order valence-corrected chi connectivity index (χ4v) is 1.72. The van der Waals surface area contributed by atoms with Crippen molar-refractivity contribution in [2.45, 2.75) is 0 Å². The molecule has 1 aromatic heterocycles. The zero-order valence-corrected chi connectivity index (χ0v) is 10.5. The lowest BCUT2D eigenvalue weighted by Crippen LogP contribution is -2.01. The van der Waals surface area contributed by atoms with Crippen LogP contribution in [0.5, 0.6) is 0 Å². The quantitative estimate of drug-likeness (QED) is 0.825. The standard InChI is InChI=1S/C11H7Cl2N5/c12-7-2-1-6(5-14)8(3-7)16-10-4-9(13)17-11(15)18-10/h1-4H,(H3,15,16,17,18). The van der Waals surface area contributed by atoms with Gasteiger partial charge in [0.2, 0.25) is 5.95 Å². The smallest absolute Gasteiger partial charge is 0.223 e. The van der Waals surface area contributed by atoms with E-state index in [1.165, 1.54) is 6.07 Å². The van der Waals surface area contributed by atoms with Gasteiger partial charge in [-0.3, -0.25) is 0 Å². The molecule has 90 valence electrons. The summed E-state index contributed by atoms with van der Waals surface area (Å²) in [5.41, 5.74) is 6.44. The van der Waals surface area contributed by atoms with E-state index in [0.717, 1.165) is 0 Å². The minimum atomic E-state index is 0.0468. The van der Waals surface area contributed by atoms with Crippen LogP contribution in [-0.2, 0) is 0 Å². The SMILES string of the molecule is N#Cc1ccc(Cl)cc1Nc1cc(Cl)nc(N)n1. The average Bonchev–Trinajstić information content (AvgIpc) is 2.27. The van der Waals surface area contributed by atoms with Crippen LogP contribution in [0.4, 0.5) is 17.5 Å². The van der Waals surface area contributed by atoms with Crippen LogP contribution in [0.15, 0.2) is 24.3 Å². The summed E-state index contributed by atoms with van der Waals surface area (Å²) in [5.74, 6) is 0.441. The van der Waals surface area contributed by atoms with E-state index in [1.54, 1.807) is 18.2 Å². The molecular weight excluding hydrogens is 273 g/mol. The second-order valence-corrected chi connectivity index (χ2v) is 4.18. The van der Waals surface area contributed by atoms with E-state index in [1.807, 2.05) is 6.07 Å². The van der Waals surface area contributed by atoms with Gasteiger partial charge in [0, 0.05) is 11.1 Å². The second-order valence-electron chi connectivity index (χ2n) is 3.36. The van der Waals surface area contributed by atoms with Crippen LogP contribution in [0.1, 0.15) is 5.56 Å². The molecule has 7 heteroatoms. The summed E-state index contributed by atoms with van der Waals surface area (Å²) in [7, 11) is 0. The lowest BCUT2D eigenvalue weighted by molar-refractivity contribution is 1.18. The molecule has 0 bridgehead atoms. The second kappa shape index (κ2) is 5.08. The Hall–Kier alpha value is -2.03. The number of nitrogens with one attached hydrogen (secondary N) is 1. The molecule has 0 aliphatic rings. The number of rotatable bonds is 2. The van der Waals surface area contributed by atoms with Crippen molar-refractivity contribution in [2.24, 2.45) is 0 Å². The normalized spacial score (nSPS) is 9.83. The van der Waals surface area contributed by atoms with Gasteiger partial charge >= 0.3 is 0 Å². The Balaban J connectivity index is 2.39. The van der Waals surface area contributed by atoms with E-state index in [0.29, 0.717) is 22.1 Å². The highest BCUT2D eigenvalue weighted by Gasteiger charge is 2.06. The number of halogens is 2. The van der Waals surface area contributed by atoms with Gasteiger partial charge in [0.1, 0.15) is 17.0 Å². The van der Waals surface area contributed by atoms with E-state index in [4.69, 9.17) is 34.2 Å². The Labute approximate surface area is 113 Å². The maximum absolute atomic E-state index is 8.98. The molecule has 2 aromatic rings. The monoisotopic (exact) mass is 279 g/mol. The highest BCUT2D eigenvalue weighted by Crippen LogP contribution is 2.24. The average molecular weight is 280 g/mol. The molecule has 1 aromatic carbocycles. The van der Waals surface area contributed by atoms with Crippen molar-refractivity contribution < 1.29 is 0 Å². The highest BCUT2D eigenvalue weighted by molar-refractivity contribution is 6.31. The van der Waals surface area contributed by atoms with Crippen LogP contribution in [-0.4, -0.2) is 9.97 Å². The predicted octanol–water partition coefficient (Wildman–Crippen LogP) is 2.98. The Morgan fingerprint density at radius 3 is 2.67 bits per heavy atom. The molecule has 0 aliphatic carbocycles. The Bertz CT molecular complexity index is 616. The summed E-state index contributed by atoms with van der Waals surface area (Å²) in [6.07, 6.45) is 0. The third kappa shape index (κ3) is 2.80. The number of nitrogens with zero attached hydrogens (tertiary/aromatic N) is 3. The van der Waals surface area contributed by atoms with Crippen LogP contribution in [0.2, 0.25) is 10.2 Å². The van der Waals surface area contributed by atoms with Crippen molar-refractivity contribution in [1.29, 1.82) is 5.26 Å². The molecule has 0 amide bonds. The van der Waals surface area contributed by atoms with E-state index in [9.17, 15) is 0 Å². The van der Waals surface area contributed by atoms with E-state index < -0.39 is 0 Å². The Kier molecular flexibility index (Phi) is 3.51.